The average molecular weight is 394 g/mol. The Bertz CT molecular complexity index is 722. The maximum Gasteiger partial charge on any atom is 0.184 e. The molecule has 120 valence electrons. The van der Waals surface area contributed by atoms with Gasteiger partial charge in [0.05, 0.1) is 17.8 Å². The van der Waals surface area contributed by atoms with Crippen LogP contribution >= 0.6 is 28.1 Å². The van der Waals surface area contributed by atoms with E-state index in [1.165, 1.54) is 0 Å². The van der Waals surface area contributed by atoms with Crippen molar-refractivity contribution in [2.24, 2.45) is 10.8 Å². The van der Waals surface area contributed by atoms with Crippen LogP contribution in [0.25, 0.3) is 0 Å². The average Bonchev–Trinajstić information content (AvgIpc) is 2.54. The highest BCUT2D eigenvalue weighted by Gasteiger charge is 2.06. The molecule has 0 heterocycles. The summed E-state index contributed by atoms with van der Waals surface area (Å²) >= 11 is 8.15. The molecule has 3 N–H and O–H groups in total. The topological polar surface area (TPSA) is 68.9 Å². The van der Waals surface area contributed by atoms with Gasteiger partial charge >= 0.3 is 0 Å². The van der Waals surface area contributed by atoms with Crippen LogP contribution in [0.2, 0.25) is 0 Å². The fraction of sp³-hybridized carbons (Fsp3) is 0.125. The summed E-state index contributed by atoms with van der Waals surface area (Å²) in [5.41, 5.74) is 9.62. The summed E-state index contributed by atoms with van der Waals surface area (Å²) in [4.78, 5) is 0. The smallest absolute Gasteiger partial charge is 0.184 e. The number of para-hydroxylation sites is 1. The van der Waals surface area contributed by atoms with E-state index in [0.717, 1.165) is 27.1 Å². The van der Waals surface area contributed by atoms with Gasteiger partial charge in [-0.1, -0.05) is 12.1 Å². The molecule has 0 atom stereocenters. The number of ether oxygens (including phenoxy) is 2. The summed E-state index contributed by atoms with van der Waals surface area (Å²) in [6, 6.07) is 13.4. The zero-order chi connectivity index (χ0) is 16.7. The molecule has 2 rings (SSSR count). The van der Waals surface area contributed by atoms with E-state index in [1.807, 2.05) is 42.5 Å². The first-order chi connectivity index (χ1) is 11.1. The number of methoxy groups -OCH3 is 1. The first-order valence-electron chi connectivity index (χ1n) is 6.73. The van der Waals surface area contributed by atoms with Gasteiger partial charge in [0, 0.05) is 5.56 Å². The molecular weight excluding hydrogens is 378 g/mol. The van der Waals surface area contributed by atoms with E-state index in [2.05, 4.69) is 26.5 Å². The predicted octanol–water partition coefficient (Wildman–Crippen LogP) is 3.20. The number of thiocarbonyl (C=S) groups is 1. The Labute approximate surface area is 148 Å². The Balaban J connectivity index is 2.14. The van der Waals surface area contributed by atoms with E-state index < -0.39 is 0 Å². The highest BCUT2D eigenvalue weighted by molar-refractivity contribution is 9.10. The molecule has 2 aromatic rings. The van der Waals surface area contributed by atoms with E-state index in [-0.39, 0.29) is 5.11 Å². The van der Waals surface area contributed by atoms with Gasteiger partial charge in [-0.15, -0.1) is 0 Å². The molecule has 0 aromatic heterocycles. The molecular formula is C16H16BrN3O2S. The number of hydrogen-bond acceptors (Lipinski definition) is 4. The van der Waals surface area contributed by atoms with Gasteiger partial charge in [0.25, 0.3) is 0 Å². The van der Waals surface area contributed by atoms with Crippen LogP contribution in [0.4, 0.5) is 0 Å². The lowest BCUT2D eigenvalue weighted by molar-refractivity contribution is 0.295. The number of halogens is 1. The van der Waals surface area contributed by atoms with E-state index in [9.17, 15) is 0 Å². The van der Waals surface area contributed by atoms with Crippen molar-refractivity contribution in [1.82, 2.24) is 5.43 Å². The van der Waals surface area contributed by atoms with Crippen LogP contribution in [0.5, 0.6) is 11.5 Å². The molecule has 0 amide bonds. The van der Waals surface area contributed by atoms with Crippen molar-refractivity contribution in [2.45, 2.75) is 6.61 Å². The van der Waals surface area contributed by atoms with Crippen LogP contribution in [0, 0.1) is 0 Å². The number of nitrogens with one attached hydrogen (secondary N) is 1. The van der Waals surface area contributed by atoms with Crippen LogP contribution in [0.15, 0.2) is 52.0 Å². The molecule has 5 nitrogen and oxygen atoms in total. The molecule has 0 aliphatic rings. The van der Waals surface area contributed by atoms with E-state index in [0.29, 0.717) is 6.61 Å². The third-order valence-corrected chi connectivity index (χ3v) is 3.66. The molecule has 2 aromatic carbocycles. The van der Waals surface area contributed by atoms with Gasteiger partial charge in [0.1, 0.15) is 18.1 Å². The summed E-state index contributed by atoms with van der Waals surface area (Å²) in [5.74, 6) is 1.51. The highest BCUT2D eigenvalue weighted by Crippen LogP contribution is 2.27. The normalized spacial score (nSPS) is 10.5. The minimum atomic E-state index is 0.118. The number of nitrogens with two attached hydrogens (primary N) is 1. The van der Waals surface area contributed by atoms with Crippen LogP contribution in [0.3, 0.4) is 0 Å². The molecule has 7 heteroatoms. The minimum Gasteiger partial charge on any atom is -0.496 e. The van der Waals surface area contributed by atoms with Gasteiger partial charge in [-0.05, 0) is 64.0 Å². The standard InChI is InChI=1S/C16H16BrN3O2S/c1-21-14-7-6-11(9-19-20-16(18)23)8-12(14)10-22-15-5-3-2-4-13(15)17/h2-9H,10H2,1H3,(H3,18,20,23). The molecule has 0 radical (unpaired) electrons. The second-order valence-corrected chi connectivity index (χ2v) is 5.82. The Morgan fingerprint density at radius 3 is 2.78 bits per heavy atom. The number of benzene rings is 2. The largest absolute Gasteiger partial charge is 0.496 e. The van der Waals surface area contributed by atoms with Crippen LogP contribution in [-0.2, 0) is 6.61 Å². The van der Waals surface area contributed by atoms with Crippen molar-refractivity contribution in [3.63, 3.8) is 0 Å². The quantitative estimate of drug-likeness (QED) is 0.448. The van der Waals surface area contributed by atoms with Crippen molar-refractivity contribution in [3.05, 3.63) is 58.1 Å². The third kappa shape index (κ3) is 5.22. The van der Waals surface area contributed by atoms with Gasteiger partial charge in [-0.3, -0.25) is 5.43 Å². The summed E-state index contributed by atoms with van der Waals surface area (Å²) < 4.78 is 12.1. The summed E-state index contributed by atoms with van der Waals surface area (Å²) in [5, 5.41) is 4.06. The maximum atomic E-state index is 5.84. The minimum absolute atomic E-state index is 0.118. The predicted molar refractivity (Wildman–Crippen MR) is 99.0 cm³/mol. The summed E-state index contributed by atoms with van der Waals surface area (Å²) in [6.07, 6.45) is 1.63. The van der Waals surface area contributed by atoms with Gasteiger partial charge < -0.3 is 15.2 Å². The highest BCUT2D eigenvalue weighted by atomic mass is 79.9. The van der Waals surface area contributed by atoms with Crippen molar-refractivity contribution in [2.75, 3.05) is 7.11 Å². The zero-order valence-electron chi connectivity index (χ0n) is 12.5. The molecule has 0 saturated carbocycles. The van der Waals surface area contributed by atoms with Gasteiger partial charge in [0.2, 0.25) is 0 Å². The monoisotopic (exact) mass is 393 g/mol. The van der Waals surface area contributed by atoms with E-state index in [1.54, 1.807) is 13.3 Å². The van der Waals surface area contributed by atoms with Crippen molar-refractivity contribution in [3.8, 4) is 11.5 Å². The molecule has 0 spiro atoms. The Morgan fingerprint density at radius 2 is 2.09 bits per heavy atom. The molecule has 23 heavy (non-hydrogen) atoms. The number of hydrazone groups is 1. The van der Waals surface area contributed by atoms with Crippen LogP contribution in [-0.4, -0.2) is 18.4 Å². The fourth-order valence-electron chi connectivity index (χ4n) is 1.88. The van der Waals surface area contributed by atoms with Crippen LogP contribution < -0.4 is 20.6 Å². The van der Waals surface area contributed by atoms with E-state index in [4.69, 9.17) is 27.4 Å². The molecule has 0 aliphatic carbocycles. The Morgan fingerprint density at radius 1 is 1.30 bits per heavy atom. The molecule has 0 fully saturated rings. The molecule has 0 saturated heterocycles. The number of rotatable bonds is 6. The number of hydrogen-bond donors (Lipinski definition) is 2. The lowest BCUT2D eigenvalue weighted by atomic mass is 10.1. The SMILES string of the molecule is COc1ccc(C=NNC(N)=S)cc1COc1ccccc1Br. The van der Waals surface area contributed by atoms with Crippen molar-refractivity contribution in [1.29, 1.82) is 0 Å². The lowest BCUT2D eigenvalue weighted by Crippen LogP contribution is -2.24. The van der Waals surface area contributed by atoms with Crippen molar-refractivity contribution < 1.29 is 9.47 Å². The first-order valence-corrected chi connectivity index (χ1v) is 7.93. The summed E-state index contributed by atoms with van der Waals surface area (Å²) in [6.45, 7) is 0.371. The maximum absolute atomic E-state index is 5.84. The molecule has 0 aliphatic heterocycles. The third-order valence-electron chi connectivity index (χ3n) is 2.91. The molecule has 0 bridgehead atoms. The van der Waals surface area contributed by atoms with Crippen molar-refractivity contribution >= 4 is 39.5 Å². The number of nitrogens with zero attached hydrogens (tertiary/aromatic N) is 1. The fourth-order valence-corrected chi connectivity index (χ4v) is 2.33. The van der Waals surface area contributed by atoms with Gasteiger partial charge in [0.15, 0.2) is 5.11 Å². The zero-order valence-corrected chi connectivity index (χ0v) is 14.9. The summed E-state index contributed by atoms with van der Waals surface area (Å²) in [7, 11) is 1.62. The second-order valence-electron chi connectivity index (χ2n) is 4.52. The van der Waals surface area contributed by atoms with Gasteiger partial charge in [-0.25, -0.2) is 0 Å². The van der Waals surface area contributed by atoms with Gasteiger partial charge in [-0.2, -0.15) is 5.10 Å². The lowest BCUT2D eigenvalue weighted by Gasteiger charge is -2.12. The van der Waals surface area contributed by atoms with Crippen LogP contribution in [0.1, 0.15) is 11.1 Å². The first kappa shape index (κ1) is 17.2. The second kappa shape index (κ2) is 8.50. The van der Waals surface area contributed by atoms with E-state index >= 15 is 0 Å². The Hall–Kier alpha value is -2.12. The molecule has 0 unspecified atom stereocenters. The Kier molecular flexibility index (Phi) is 6.37.